The summed E-state index contributed by atoms with van der Waals surface area (Å²) in [7, 11) is 1.58. The molecule has 0 saturated heterocycles. The number of aliphatic carboxylic acids is 1. The molecule has 0 spiro atoms. The van der Waals surface area contributed by atoms with Gasteiger partial charge in [-0.1, -0.05) is 25.1 Å². The van der Waals surface area contributed by atoms with Crippen molar-refractivity contribution >= 4 is 24.3 Å². The summed E-state index contributed by atoms with van der Waals surface area (Å²) in [6.45, 7) is 4.44. The maximum absolute atomic E-state index is 12.2. The molecule has 0 aliphatic heterocycles. The number of carbonyl (C=O) groups excluding carboxylic acids is 1. The molecule has 1 atom stereocenters. The predicted octanol–water partition coefficient (Wildman–Crippen LogP) is 1.92. The minimum atomic E-state index is -0.933. The quantitative estimate of drug-likeness (QED) is 0.715. The van der Waals surface area contributed by atoms with Gasteiger partial charge >= 0.3 is 5.97 Å². The second kappa shape index (κ2) is 10.9. The SMILES string of the molecule is CCCN(CC(=O)O)C(C)C(=O)NCc1ccccc1OC.Cl. The number of halogens is 1. The zero-order chi connectivity index (χ0) is 16.5. The number of ether oxygens (including phenoxy) is 1. The Labute approximate surface area is 143 Å². The second-order valence-electron chi connectivity index (χ2n) is 5.07. The van der Waals surface area contributed by atoms with E-state index in [4.69, 9.17) is 9.84 Å². The van der Waals surface area contributed by atoms with Gasteiger partial charge in [-0.15, -0.1) is 12.4 Å². The van der Waals surface area contributed by atoms with Crippen molar-refractivity contribution in [3.05, 3.63) is 29.8 Å². The summed E-state index contributed by atoms with van der Waals surface area (Å²) in [5.74, 6) is -0.412. The van der Waals surface area contributed by atoms with E-state index in [1.165, 1.54) is 0 Å². The first-order valence-electron chi connectivity index (χ1n) is 7.35. The van der Waals surface area contributed by atoms with E-state index < -0.39 is 12.0 Å². The molecule has 130 valence electrons. The van der Waals surface area contributed by atoms with Gasteiger partial charge in [0, 0.05) is 12.1 Å². The van der Waals surface area contributed by atoms with Crippen LogP contribution in [0.1, 0.15) is 25.8 Å². The number of carboxylic acids is 1. The first-order valence-corrected chi connectivity index (χ1v) is 7.35. The van der Waals surface area contributed by atoms with E-state index in [0.717, 1.165) is 12.0 Å². The number of carboxylic acid groups (broad SMARTS) is 1. The smallest absolute Gasteiger partial charge is 0.317 e. The maximum atomic E-state index is 12.2. The summed E-state index contributed by atoms with van der Waals surface area (Å²) >= 11 is 0. The molecule has 2 N–H and O–H groups in total. The fourth-order valence-corrected chi connectivity index (χ4v) is 2.22. The highest BCUT2D eigenvalue weighted by atomic mass is 35.5. The third-order valence-corrected chi connectivity index (χ3v) is 3.42. The van der Waals surface area contributed by atoms with E-state index in [0.29, 0.717) is 18.8 Å². The molecular formula is C16H25ClN2O4. The predicted molar refractivity (Wildman–Crippen MR) is 91.1 cm³/mol. The molecule has 0 aliphatic carbocycles. The first kappa shape index (κ1) is 21.2. The second-order valence-corrected chi connectivity index (χ2v) is 5.07. The molecule has 23 heavy (non-hydrogen) atoms. The molecular weight excluding hydrogens is 320 g/mol. The van der Waals surface area contributed by atoms with Crippen LogP contribution >= 0.6 is 12.4 Å². The molecule has 0 saturated carbocycles. The number of hydrogen-bond acceptors (Lipinski definition) is 4. The minimum Gasteiger partial charge on any atom is -0.496 e. The van der Waals surface area contributed by atoms with Gasteiger partial charge in [0.25, 0.3) is 0 Å². The van der Waals surface area contributed by atoms with Crippen LogP contribution < -0.4 is 10.1 Å². The number of benzene rings is 1. The van der Waals surface area contributed by atoms with Gasteiger partial charge in [-0.05, 0) is 26.0 Å². The van der Waals surface area contributed by atoms with Crippen LogP contribution in [0.2, 0.25) is 0 Å². The Morgan fingerprint density at radius 2 is 2.00 bits per heavy atom. The van der Waals surface area contributed by atoms with Crippen molar-refractivity contribution < 1.29 is 19.4 Å². The third kappa shape index (κ3) is 6.88. The summed E-state index contributed by atoms with van der Waals surface area (Å²) < 4.78 is 5.24. The molecule has 1 unspecified atom stereocenters. The Morgan fingerprint density at radius 1 is 1.35 bits per heavy atom. The van der Waals surface area contributed by atoms with Crippen LogP contribution in [0.5, 0.6) is 5.75 Å². The number of nitrogens with one attached hydrogen (secondary N) is 1. The van der Waals surface area contributed by atoms with Gasteiger partial charge in [-0.3, -0.25) is 14.5 Å². The number of carbonyl (C=O) groups is 2. The summed E-state index contributed by atoms with van der Waals surface area (Å²) in [5, 5.41) is 11.8. The highest BCUT2D eigenvalue weighted by Gasteiger charge is 2.22. The Morgan fingerprint density at radius 3 is 2.57 bits per heavy atom. The molecule has 1 rings (SSSR count). The van der Waals surface area contributed by atoms with Gasteiger partial charge in [0.05, 0.1) is 19.7 Å². The third-order valence-electron chi connectivity index (χ3n) is 3.42. The average Bonchev–Trinajstić information content (AvgIpc) is 2.51. The molecule has 1 aromatic carbocycles. The molecule has 1 aromatic rings. The lowest BCUT2D eigenvalue weighted by Crippen LogP contribution is -2.47. The van der Waals surface area contributed by atoms with Crippen molar-refractivity contribution in [3.8, 4) is 5.75 Å². The van der Waals surface area contributed by atoms with Crippen LogP contribution in [0.15, 0.2) is 24.3 Å². The zero-order valence-electron chi connectivity index (χ0n) is 13.7. The minimum absolute atomic E-state index is 0. The molecule has 0 aliphatic rings. The number of para-hydroxylation sites is 1. The topological polar surface area (TPSA) is 78.9 Å². The van der Waals surface area contributed by atoms with Crippen LogP contribution in [0.3, 0.4) is 0 Å². The van der Waals surface area contributed by atoms with E-state index in [2.05, 4.69) is 5.32 Å². The van der Waals surface area contributed by atoms with Crippen LogP contribution in [-0.4, -0.2) is 48.1 Å². The molecule has 0 radical (unpaired) electrons. The highest BCUT2D eigenvalue weighted by Crippen LogP contribution is 2.16. The lowest BCUT2D eigenvalue weighted by molar-refractivity contribution is -0.139. The van der Waals surface area contributed by atoms with Crippen LogP contribution in [0.25, 0.3) is 0 Å². The van der Waals surface area contributed by atoms with Gasteiger partial charge < -0.3 is 15.2 Å². The van der Waals surface area contributed by atoms with Gasteiger partial charge in [-0.25, -0.2) is 0 Å². The lowest BCUT2D eigenvalue weighted by atomic mass is 10.2. The fourth-order valence-electron chi connectivity index (χ4n) is 2.22. The Hall–Kier alpha value is -1.79. The van der Waals surface area contributed by atoms with Crippen molar-refractivity contribution in [1.29, 1.82) is 0 Å². The summed E-state index contributed by atoms with van der Waals surface area (Å²) in [4.78, 5) is 24.8. The van der Waals surface area contributed by atoms with Crippen LogP contribution in [-0.2, 0) is 16.1 Å². The fraction of sp³-hybridized carbons (Fsp3) is 0.500. The number of amides is 1. The Balaban J connectivity index is 0.00000484. The van der Waals surface area contributed by atoms with Crippen molar-refractivity contribution in [3.63, 3.8) is 0 Å². The van der Waals surface area contributed by atoms with E-state index >= 15 is 0 Å². The van der Waals surface area contributed by atoms with Crippen molar-refractivity contribution in [2.45, 2.75) is 32.9 Å². The number of rotatable bonds is 9. The average molecular weight is 345 g/mol. The normalized spacial score (nSPS) is 11.5. The lowest BCUT2D eigenvalue weighted by Gasteiger charge is -2.26. The van der Waals surface area contributed by atoms with Crippen molar-refractivity contribution in [2.24, 2.45) is 0 Å². The summed E-state index contributed by atoms with van der Waals surface area (Å²) in [5.41, 5.74) is 0.880. The molecule has 7 heteroatoms. The Kier molecular flexibility index (Phi) is 10.0. The number of nitrogens with zero attached hydrogens (tertiary/aromatic N) is 1. The van der Waals surface area contributed by atoms with Crippen LogP contribution in [0.4, 0.5) is 0 Å². The van der Waals surface area contributed by atoms with Crippen molar-refractivity contribution in [2.75, 3.05) is 20.2 Å². The van der Waals surface area contributed by atoms with E-state index in [-0.39, 0.29) is 24.9 Å². The van der Waals surface area contributed by atoms with E-state index in [1.54, 1.807) is 18.9 Å². The molecule has 0 fully saturated rings. The van der Waals surface area contributed by atoms with Gasteiger partial charge in [0.1, 0.15) is 5.75 Å². The zero-order valence-corrected chi connectivity index (χ0v) is 14.6. The molecule has 0 aromatic heterocycles. The van der Waals surface area contributed by atoms with Gasteiger partial charge in [0.15, 0.2) is 0 Å². The molecule has 6 nitrogen and oxygen atoms in total. The number of hydrogen-bond donors (Lipinski definition) is 2. The molecule has 0 heterocycles. The highest BCUT2D eigenvalue weighted by molar-refractivity contribution is 5.85. The monoisotopic (exact) mass is 344 g/mol. The summed E-state index contributed by atoms with van der Waals surface area (Å²) in [6, 6.07) is 6.96. The van der Waals surface area contributed by atoms with Gasteiger partial charge in [0.2, 0.25) is 5.91 Å². The summed E-state index contributed by atoms with van der Waals surface area (Å²) in [6.07, 6.45) is 0.789. The van der Waals surface area contributed by atoms with E-state index in [9.17, 15) is 9.59 Å². The molecule has 0 bridgehead atoms. The van der Waals surface area contributed by atoms with Crippen LogP contribution in [0, 0.1) is 0 Å². The largest absolute Gasteiger partial charge is 0.496 e. The number of methoxy groups -OCH3 is 1. The Bertz CT molecular complexity index is 511. The van der Waals surface area contributed by atoms with Crippen molar-refractivity contribution in [1.82, 2.24) is 10.2 Å². The standard InChI is InChI=1S/C16H24N2O4.ClH/c1-4-9-18(11-15(19)20)12(2)16(21)17-10-13-7-5-6-8-14(13)22-3;/h5-8,12H,4,9-11H2,1-3H3,(H,17,21)(H,19,20);1H. The van der Waals surface area contributed by atoms with E-state index in [1.807, 2.05) is 31.2 Å². The first-order chi connectivity index (χ1) is 10.5. The molecule has 1 amide bonds. The van der Waals surface area contributed by atoms with Gasteiger partial charge in [-0.2, -0.15) is 0 Å². The maximum Gasteiger partial charge on any atom is 0.317 e.